The lowest BCUT2D eigenvalue weighted by atomic mass is 9.95. The van der Waals surface area contributed by atoms with E-state index in [2.05, 4.69) is 4.90 Å². The largest absolute Gasteiger partial charge is 0.507 e. The van der Waals surface area contributed by atoms with E-state index in [0.29, 0.717) is 43.1 Å². The Kier molecular flexibility index (Phi) is 7.05. The van der Waals surface area contributed by atoms with Gasteiger partial charge in [0.05, 0.1) is 31.9 Å². The molecule has 33 heavy (non-hydrogen) atoms. The Bertz CT molecular complexity index is 1050. The van der Waals surface area contributed by atoms with E-state index in [1.54, 1.807) is 36.4 Å². The smallest absolute Gasteiger partial charge is 0.295 e. The van der Waals surface area contributed by atoms with Gasteiger partial charge in [-0.05, 0) is 36.2 Å². The number of hydrogen-bond acceptors (Lipinski definition) is 6. The minimum absolute atomic E-state index is 0.00812. The minimum atomic E-state index is -0.804. The number of rotatable bonds is 7. The van der Waals surface area contributed by atoms with Crippen molar-refractivity contribution in [3.05, 3.63) is 71.0 Å². The number of likely N-dealkylation sites (tertiary alicyclic amines) is 1. The molecule has 174 valence electrons. The van der Waals surface area contributed by atoms with E-state index in [1.807, 2.05) is 0 Å². The minimum Gasteiger partial charge on any atom is -0.507 e. The van der Waals surface area contributed by atoms with Gasteiger partial charge in [-0.3, -0.25) is 14.5 Å². The van der Waals surface area contributed by atoms with Gasteiger partial charge in [-0.2, -0.15) is 0 Å². The van der Waals surface area contributed by atoms with Crippen LogP contribution in [0.4, 0.5) is 4.39 Å². The first kappa shape index (κ1) is 22.9. The van der Waals surface area contributed by atoms with Crippen LogP contribution in [0.3, 0.4) is 0 Å². The summed E-state index contributed by atoms with van der Waals surface area (Å²) in [5.74, 6) is -1.61. The van der Waals surface area contributed by atoms with Crippen LogP contribution < -0.4 is 4.74 Å². The molecule has 1 atom stereocenters. The molecule has 4 rings (SSSR count). The first-order valence-electron chi connectivity index (χ1n) is 11.0. The first-order valence-corrected chi connectivity index (χ1v) is 11.0. The second kappa shape index (κ2) is 10.1. The lowest BCUT2D eigenvalue weighted by Crippen LogP contribution is -2.38. The predicted octanol–water partition coefficient (Wildman–Crippen LogP) is 2.98. The van der Waals surface area contributed by atoms with Crippen molar-refractivity contribution in [1.82, 2.24) is 9.80 Å². The summed E-state index contributed by atoms with van der Waals surface area (Å²) in [6.07, 6.45) is 0.657. The summed E-state index contributed by atoms with van der Waals surface area (Å²) in [6, 6.07) is 11.5. The van der Waals surface area contributed by atoms with Crippen LogP contribution in [0.25, 0.3) is 5.76 Å². The van der Waals surface area contributed by atoms with Crippen molar-refractivity contribution < 1.29 is 28.6 Å². The highest BCUT2D eigenvalue weighted by atomic mass is 19.1. The molecule has 0 spiro atoms. The second-order valence-electron chi connectivity index (χ2n) is 8.08. The number of benzene rings is 2. The summed E-state index contributed by atoms with van der Waals surface area (Å²) in [7, 11) is 1.51. The molecule has 1 N–H and O–H groups in total. The number of carbonyl (C=O) groups is 2. The SMILES string of the molecule is COc1cccc(/C(O)=C2\C(=O)C(=O)N(CCCN3CCOCC3)C2c2ccc(F)cc2)c1. The number of hydrogen-bond donors (Lipinski definition) is 1. The maximum Gasteiger partial charge on any atom is 0.295 e. The van der Waals surface area contributed by atoms with Gasteiger partial charge in [-0.25, -0.2) is 4.39 Å². The molecule has 2 aliphatic heterocycles. The lowest BCUT2D eigenvalue weighted by Gasteiger charge is -2.29. The van der Waals surface area contributed by atoms with Gasteiger partial charge in [0.2, 0.25) is 0 Å². The van der Waals surface area contributed by atoms with Crippen molar-refractivity contribution in [2.24, 2.45) is 0 Å². The Morgan fingerprint density at radius 3 is 2.55 bits per heavy atom. The number of carbonyl (C=O) groups excluding carboxylic acids is 2. The molecular weight excluding hydrogens is 427 g/mol. The lowest BCUT2D eigenvalue weighted by molar-refractivity contribution is -0.140. The second-order valence-corrected chi connectivity index (χ2v) is 8.08. The quantitative estimate of drug-likeness (QED) is 0.394. The Morgan fingerprint density at radius 2 is 1.85 bits per heavy atom. The van der Waals surface area contributed by atoms with E-state index in [4.69, 9.17) is 9.47 Å². The summed E-state index contributed by atoms with van der Waals surface area (Å²) < 4.78 is 24.2. The number of Topliss-reactive ketones (excluding diaryl/α,β-unsaturated/α-hetero) is 1. The van der Waals surface area contributed by atoms with Gasteiger partial charge in [0.15, 0.2) is 0 Å². The zero-order valence-electron chi connectivity index (χ0n) is 18.5. The molecule has 0 radical (unpaired) electrons. The molecule has 0 aromatic heterocycles. The topological polar surface area (TPSA) is 79.3 Å². The van der Waals surface area contributed by atoms with Gasteiger partial charge in [0.25, 0.3) is 11.7 Å². The molecule has 2 saturated heterocycles. The van der Waals surface area contributed by atoms with Crippen LogP contribution in [0.5, 0.6) is 5.75 Å². The Balaban J connectivity index is 1.67. The highest BCUT2D eigenvalue weighted by Gasteiger charge is 2.45. The number of nitrogens with zero attached hydrogens (tertiary/aromatic N) is 2. The molecule has 7 nitrogen and oxygen atoms in total. The third-order valence-electron chi connectivity index (χ3n) is 6.05. The van der Waals surface area contributed by atoms with Gasteiger partial charge in [0.1, 0.15) is 17.3 Å². The van der Waals surface area contributed by atoms with Gasteiger partial charge >= 0.3 is 0 Å². The average molecular weight is 454 g/mol. The van der Waals surface area contributed by atoms with Crippen LogP contribution in [-0.2, 0) is 14.3 Å². The molecule has 2 aromatic carbocycles. The fourth-order valence-corrected chi connectivity index (χ4v) is 4.32. The number of ketones is 1. The number of aliphatic hydroxyl groups is 1. The third kappa shape index (κ3) is 4.91. The molecule has 0 bridgehead atoms. The molecular formula is C25H27FN2O5. The Hall–Kier alpha value is -3.23. The number of halogens is 1. The van der Waals surface area contributed by atoms with Crippen LogP contribution in [0.15, 0.2) is 54.1 Å². The predicted molar refractivity (Wildman–Crippen MR) is 120 cm³/mol. The van der Waals surface area contributed by atoms with E-state index >= 15 is 0 Å². The standard InChI is InChI=1S/C25H27FN2O5/c1-32-20-5-2-4-18(16-20)23(29)21-22(17-6-8-19(26)9-7-17)28(25(31)24(21)30)11-3-10-27-12-14-33-15-13-27/h2,4-9,16,22,29H,3,10-15H2,1H3/b23-21+. The van der Waals surface area contributed by atoms with Gasteiger partial charge in [0, 0.05) is 31.7 Å². The van der Waals surface area contributed by atoms with Gasteiger partial charge in [-0.1, -0.05) is 24.3 Å². The molecule has 0 aliphatic carbocycles. The van der Waals surface area contributed by atoms with Crippen molar-refractivity contribution in [3.63, 3.8) is 0 Å². The molecule has 2 heterocycles. The highest BCUT2D eigenvalue weighted by Crippen LogP contribution is 2.39. The van der Waals surface area contributed by atoms with E-state index in [0.717, 1.165) is 19.6 Å². The number of ether oxygens (including phenoxy) is 2. The van der Waals surface area contributed by atoms with Crippen LogP contribution >= 0.6 is 0 Å². The van der Waals surface area contributed by atoms with Crippen molar-refractivity contribution in [2.45, 2.75) is 12.5 Å². The monoisotopic (exact) mass is 454 g/mol. The highest BCUT2D eigenvalue weighted by molar-refractivity contribution is 6.46. The van der Waals surface area contributed by atoms with Crippen molar-refractivity contribution >= 4 is 17.4 Å². The number of methoxy groups -OCH3 is 1. The Labute approximate surface area is 192 Å². The number of amides is 1. The van der Waals surface area contributed by atoms with Crippen molar-refractivity contribution in [1.29, 1.82) is 0 Å². The molecule has 8 heteroatoms. The number of morpholine rings is 1. The molecule has 2 fully saturated rings. The first-order chi connectivity index (χ1) is 16.0. The van der Waals surface area contributed by atoms with E-state index < -0.39 is 23.5 Å². The molecule has 2 aromatic rings. The zero-order chi connectivity index (χ0) is 23.4. The van der Waals surface area contributed by atoms with Crippen LogP contribution in [0.1, 0.15) is 23.6 Å². The average Bonchev–Trinajstić information content (AvgIpc) is 3.10. The molecule has 1 amide bonds. The summed E-state index contributed by atoms with van der Waals surface area (Å²) in [6.45, 7) is 4.12. The van der Waals surface area contributed by atoms with Crippen molar-refractivity contribution in [3.8, 4) is 5.75 Å². The fourth-order valence-electron chi connectivity index (χ4n) is 4.32. The molecule has 0 saturated carbocycles. The van der Waals surface area contributed by atoms with Crippen LogP contribution in [0, 0.1) is 5.82 Å². The maximum absolute atomic E-state index is 13.6. The van der Waals surface area contributed by atoms with Crippen molar-refractivity contribution in [2.75, 3.05) is 46.5 Å². The van der Waals surface area contributed by atoms with Gasteiger partial charge < -0.3 is 19.5 Å². The summed E-state index contributed by atoms with van der Waals surface area (Å²) in [5, 5.41) is 11.1. The normalized spacial score (nSPS) is 20.9. The van der Waals surface area contributed by atoms with E-state index in [1.165, 1.54) is 24.1 Å². The maximum atomic E-state index is 13.6. The summed E-state index contributed by atoms with van der Waals surface area (Å²) in [4.78, 5) is 29.8. The third-order valence-corrected chi connectivity index (χ3v) is 6.05. The Morgan fingerprint density at radius 1 is 1.12 bits per heavy atom. The molecule has 2 aliphatic rings. The molecule has 1 unspecified atom stereocenters. The van der Waals surface area contributed by atoms with E-state index in [-0.39, 0.29) is 11.3 Å². The van der Waals surface area contributed by atoms with Crippen LogP contribution in [-0.4, -0.2) is 73.1 Å². The van der Waals surface area contributed by atoms with Gasteiger partial charge in [-0.15, -0.1) is 0 Å². The van der Waals surface area contributed by atoms with Crippen LogP contribution in [0.2, 0.25) is 0 Å². The zero-order valence-corrected chi connectivity index (χ0v) is 18.5. The summed E-state index contributed by atoms with van der Waals surface area (Å²) >= 11 is 0. The van der Waals surface area contributed by atoms with E-state index in [9.17, 15) is 19.1 Å². The summed E-state index contributed by atoms with van der Waals surface area (Å²) in [5.41, 5.74) is 0.922. The number of aliphatic hydroxyl groups excluding tert-OH is 1. The fraction of sp³-hybridized carbons (Fsp3) is 0.360.